The minimum absolute atomic E-state index is 0.0827. The van der Waals surface area contributed by atoms with Crippen LogP contribution in [0.4, 0.5) is 4.79 Å². The van der Waals surface area contributed by atoms with Crippen molar-refractivity contribution in [1.82, 2.24) is 10.6 Å². The van der Waals surface area contributed by atoms with Gasteiger partial charge in [-0.2, -0.15) is 0 Å². The normalized spacial score (nSPS) is 21.2. The first-order valence-electron chi connectivity index (χ1n) is 9.88. The SMILES string of the molecule is O=C(CCCC[C@H]1CCSS1)NCCOc1ccc(C[C@@H]2SC(=O)NC2=O)cc1. The molecule has 158 valence electrons. The Morgan fingerprint density at radius 2 is 2.03 bits per heavy atom. The highest BCUT2D eigenvalue weighted by atomic mass is 33.1. The fourth-order valence-electron chi connectivity index (χ4n) is 3.13. The molecule has 2 aliphatic rings. The zero-order chi connectivity index (χ0) is 20.5. The summed E-state index contributed by atoms with van der Waals surface area (Å²) in [6.45, 7) is 0.896. The van der Waals surface area contributed by atoms with Gasteiger partial charge in [-0.05, 0) is 43.4 Å². The second-order valence-corrected chi connectivity index (χ2v) is 11.0. The lowest BCUT2D eigenvalue weighted by Gasteiger charge is -2.10. The van der Waals surface area contributed by atoms with Gasteiger partial charge in [-0.3, -0.25) is 19.7 Å². The van der Waals surface area contributed by atoms with Crippen LogP contribution in [0.3, 0.4) is 0 Å². The molecule has 9 heteroatoms. The van der Waals surface area contributed by atoms with Gasteiger partial charge in [0.15, 0.2) is 0 Å². The zero-order valence-corrected chi connectivity index (χ0v) is 18.6. The van der Waals surface area contributed by atoms with Crippen molar-refractivity contribution in [3.8, 4) is 5.75 Å². The van der Waals surface area contributed by atoms with E-state index in [4.69, 9.17) is 4.74 Å². The van der Waals surface area contributed by atoms with Crippen molar-refractivity contribution in [2.75, 3.05) is 18.9 Å². The summed E-state index contributed by atoms with van der Waals surface area (Å²) < 4.78 is 5.65. The van der Waals surface area contributed by atoms with Crippen molar-refractivity contribution in [2.24, 2.45) is 0 Å². The zero-order valence-electron chi connectivity index (χ0n) is 16.2. The third-order valence-electron chi connectivity index (χ3n) is 4.71. The number of imide groups is 1. The average molecular weight is 455 g/mol. The predicted octanol–water partition coefficient (Wildman–Crippen LogP) is 3.79. The molecule has 3 rings (SSSR count). The molecule has 2 heterocycles. The Morgan fingerprint density at radius 1 is 1.21 bits per heavy atom. The van der Waals surface area contributed by atoms with Crippen LogP contribution in [0.2, 0.25) is 0 Å². The lowest BCUT2D eigenvalue weighted by molar-refractivity contribution is -0.121. The van der Waals surface area contributed by atoms with E-state index in [2.05, 4.69) is 10.6 Å². The minimum atomic E-state index is -0.361. The Balaban J connectivity index is 1.25. The highest BCUT2D eigenvalue weighted by Crippen LogP contribution is 2.39. The molecule has 0 bridgehead atoms. The molecule has 1 aromatic carbocycles. The van der Waals surface area contributed by atoms with Crippen molar-refractivity contribution < 1.29 is 19.1 Å². The van der Waals surface area contributed by atoms with E-state index in [1.165, 1.54) is 18.6 Å². The molecule has 0 saturated carbocycles. The van der Waals surface area contributed by atoms with Crippen LogP contribution >= 0.6 is 33.3 Å². The summed E-state index contributed by atoms with van der Waals surface area (Å²) in [5, 5.41) is 5.33. The van der Waals surface area contributed by atoms with E-state index >= 15 is 0 Å². The second kappa shape index (κ2) is 11.8. The van der Waals surface area contributed by atoms with E-state index in [1.807, 2.05) is 45.9 Å². The summed E-state index contributed by atoms with van der Waals surface area (Å²) in [7, 11) is 3.95. The molecular weight excluding hydrogens is 428 g/mol. The van der Waals surface area contributed by atoms with Gasteiger partial charge in [-0.1, -0.05) is 51.9 Å². The van der Waals surface area contributed by atoms with Gasteiger partial charge in [0.2, 0.25) is 11.8 Å². The fraction of sp³-hybridized carbons (Fsp3) is 0.550. The maximum absolute atomic E-state index is 11.9. The summed E-state index contributed by atoms with van der Waals surface area (Å²) in [6.07, 6.45) is 5.66. The van der Waals surface area contributed by atoms with Gasteiger partial charge < -0.3 is 10.1 Å². The van der Waals surface area contributed by atoms with Crippen LogP contribution in [-0.4, -0.2) is 46.5 Å². The lowest BCUT2D eigenvalue weighted by Crippen LogP contribution is -2.27. The first kappa shape index (κ1) is 22.4. The van der Waals surface area contributed by atoms with E-state index in [0.29, 0.717) is 26.0 Å². The molecule has 0 radical (unpaired) electrons. The van der Waals surface area contributed by atoms with Gasteiger partial charge in [0.05, 0.1) is 11.8 Å². The molecule has 2 N–H and O–H groups in total. The third-order valence-corrected chi connectivity index (χ3v) is 8.70. The third kappa shape index (κ3) is 7.79. The van der Waals surface area contributed by atoms with Gasteiger partial charge in [0.25, 0.3) is 5.24 Å². The van der Waals surface area contributed by atoms with Crippen LogP contribution in [-0.2, 0) is 16.0 Å². The number of ether oxygens (including phenoxy) is 1. The molecule has 0 aromatic heterocycles. The summed E-state index contributed by atoms with van der Waals surface area (Å²) in [5.41, 5.74) is 0.975. The molecule has 0 spiro atoms. The number of thioether (sulfide) groups is 1. The first-order valence-corrected chi connectivity index (χ1v) is 13.1. The molecule has 6 nitrogen and oxygen atoms in total. The predicted molar refractivity (Wildman–Crippen MR) is 120 cm³/mol. The van der Waals surface area contributed by atoms with E-state index in [0.717, 1.165) is 41.2 Å². The van der Waals surface area contributed by atoms with Crippen molar-refractivity contribution in [1.29, 1.82) is 0 Å². The average Bonchev–Trinajstić information content (AvgIpc) is 3.33. The largest absolute Gasteiger partial charge is 0.492 e. The standard InChI is InChI=1S/C20H26N2O4S3/c23-18(4-2-1-3-16-9-12-27-29-16)21-10-11-26-15-7-5-14(6-8-15)13-17-19(24)22-20(25)28-17/h5-8,16-17H,1-4,9-13H2,(H,21,23)(H,22,24,25)/t16-,17-/m0/s1. The van der Waals surface area contributed by atoms with Crippen molar-refractivity contribution >= 4 is 50.4 Å². The Hall–Kier alpha value is -1.32. The quantitative estimate of drug-likeness (QED) is 0.389. The number of hydrogen-bond acceptors (Lipinski definition) is 7. The minimum Gasteiger partial charge on any atom is -0.492 e. The maximum atomic E-state index is 11.9. The molecule has 0 unspecified atom stereocenters. The Labute approximate surface area is 183 Å². The molecule has 0 aliphatic carbocycles. The van der Waals surface area contributed by atoms with Gasteiger partial charge in [-0.15, -0.1) is 0 Å². The topological polar surface area (TPSA) is 84.5 Å². The molecule has 29 heavy (non-hydrogen) atoms. The highest BCUT2D eigenvalue weighted by molar-refractivity contribution is 8.77. The second-order valence-electron chi connectivity index (χ2n) is 7.00. The number of hydrogen-bond donors (Lipinski definition) is 2. The molecular formula is C20H26N2O4S3. The summed E-state index contributed by atoms with van der Waals surface area (Å²) >= 11 is 1.03. The van der Waals surface area contributed by atoms with E-state index in [9.17, 15) is 14.4 Å². The van der Waals surface area contributed by atoms with Gasteiger partial charge in [0.1, 0.15) is 12.4 Å². The van der Waals surface area contributed by atoms with E-state index in [1.54, 1.807) is 0 Å². The molecule has 2 saturated heterocycles. The summed E-state index contributed by atoms with van der Waals surface area (Å²) in [5.74, 6) is 1.83. The van der Waals surface area contributed by atoms with Crippen LogP contribution in [0.1, 0.15) is 37.7 Å². The smallest absolute Gasteiger partial charge is 0.286 e. The Morgan fingerprint density at radius 3 is 2.72 bits per heavy atom. The van der Waals surface area contributed by atoms with Gasteiger partial charge in [-0.25, -0.2) is 0 Å². The number of amides is 3. The van der Waals surface area contributed by atoms with Crippen LogP contribution < -0.4 is 15.4 Å². The Kier molecular flexibility index (Phi) is 9.07. The van der Waals surface area contributed by atoms with Gasteiger partial charge >= 0.3 is 0 Å². The van der Waals surface area contributed by atoms with Crippen molar-refractivity contribution in [3.05, 3.63) is 29.8 Å². The number of carbonyl (C=O) groups excluding carboxylic acids is 3. The van der Waals surface area contributed by atoms with Gasteiger partial charge in [0, 0.05) is 17.4 Å². The number of benzene rings is 1. The number of carbonyl (C=O) groups is 3. The lowest BCUT2D eigenvalue weighted by atomic mass is 10.1. The summed E-state index contributed by atoms with van der Waals surface area (Å²) in [6, 6.07) is 7.48. The number of rotatable bonds is 11. The Bertz CT molecular complexity index is 708. The van der Waals surface area contributed by atoms with Crippen molar-refractivity contribution in [2.45, 2.75) is 49.0 Å². The van der Waals surface area contributed by atoms with Crippen LogP contribution in [0.5, 0.6) is 5.75 Å². The number of unbranched alkanes of at least 4 members (excludes halogenated alkanes) is 1. The van der Waals surface area contributed by atoms with Crippen molar-refractivity contribution in [3.63, 3.8) is 0 Å². The van der Waals surface area contributed by atoms with Crippen LogP contribution in [0.15, 0.2) is 24.3 Å². The molecule has 2 aliphatic heterocycles. The van der Waals surface area contributed by atoms with E-state index < -0.39 is 0 Å². The fourth-order valence-corrected chi connectivity index (χ4v) is 7.02. The highest BCUT2D eigenvalue weighted by Gasteiger charge is 2.31. The van der Waals surface area contributed by atoms with Crippen LogP contribution in [0.25, 0.3) is 0 Å². The monoisotopic (exact) mass is 454 g/mol. The number of nitrogens with one attached hydrogen (secondary N) is 2. The molecule has 2 atom stereocenters. The van der Waals surface area contributed by atoms with E-state index in [-0.39, 0.29) is 22.3 Å². The maximum Gasteiger partial charge on any atom is 0.286 e. The van der Waals surface area contributed by atoms with Crippen LogP contribution in [0, 0.1) is 0 Å². The molecule has 1 aromatic rings. The molecule has 2 fully saturated rings. The first-order chi connectivity index (χ1) is 14.1. The molecule has 3 amide bonds. The summed E-state index contributed by atoms with van der Waals surface area (Å²) in [4.78, 5) is 34.7.